The maximum Gasteiger partial charge on any atom is 0.239 e. The van der Waals surface area contributed by atoms with Crippen LogP contribution in [0.1, 0.15) is 31.9 Å². The van der Waals surface area contributed by atoms with Crippen LogP contribution in [0.3, 0.4) is 0 Å². The Kier molecular flexibility index (Phi) is 6.36. The minimum absolute atomic E-state index is 0.0839. The van der Waals surface area contributed by atoms with Crippen molar-refractivity contribution in [3.63, 3.8) is 0 Å². The van der Waals surface area contributed by atoms with E-state index in [1.54, 1.807) is 12.1 Å². The van der Waals surface area contributed by atoms with Crippen LogP contribution in [0.15, 0.2) is 18.2 Å². The monoisotopic (exact) mass is 324 g/mol. The minimum Gasteiger partial charge on any atom is -0.494 e. The third-order valence-corrected chi connectivity index (χ3v) is 4.16. The van der Waals surface area contributed by atoms with Crippen molar-refractivity contribution in [2.45, 2.75) is 32.4 Å². The van der Waals surface area contributed by atoms with Crippen molar-refractivity contribution in [2.75, 3.05) is 33.4 Å². The Morgan fingerprint density at radius 3 is 2.74 bits per heavy atom. The number of benzene rings is 1. The normalized spacial score (nSPS) is 17.7. The molecule has 0 unspecified atom stereocenters. The number of rotatable bonds is 6. The summed E-state index contributed by atoms with van der Waals surface area (Å²) in [5.74, 6) is -0.0830. The van der Waals surface area contributed by atoms with Crippen molar-refractivity contribution in [2.24, 2.45) is 0 Å². The first-order valence-corrected chi connectivity index (χ1v) is 8.02. The van der Waals surface area contributed by atoms with Crippen molar-refractivity contribution in [3.8, 4) is 5.75 Å². The molecule has 23 heavy (non-hydrogen) atoms. The molecule has 2 rings (SSSR count). The summed E-state index contributed by atoms with van der Waals surface area (Å²) in [5, 5.41) is 3.34. The van der Waals surface area contributed by atoms with Gasteiger partial charge in [0, 0.05) is 19.1 Å². The predicted molar refractivity (Wildman–Crippen MR) is 86.0 cm³/mol. The van der Waals surface area contributed by atoms with E-state index >= 15 is 0 Å². The standard InChI is InChI=1S/C17H25FN2O3/c1-4-15(17(21)20-7-9-23-10-8-20)19-12(2)13-5-6-14(18)16(11-13)22-3/h5-6,11-12,15,19H,4,7-10H2,1-3H3/t12-,15+/m0/s1. The number of amides is 1. The Morgan fingerprint density at radius 2 is 2.13 bits per heavy atom. The lowest BCUT2D eigenvalue weighted by molar-refractivity contribution is -0.137. The first-order valence-electron chi connectivity index (χ1n) is 8.02. The number of carbonyl (C=O) groups excluding carboxylic acids is 1. The summed E-state index contributed by atoms with van der Waals surface area (Å²) in [6.07, 6.45) is 0.693. The number of nitrogens with one attached hydrogen (secondary N) is 1. The highest BCUT2D eigenvalue weighted by molar-refractivity contribution is 5.82. The highest BCUT2D eigenvalue weighted by Gasteiger charge is 2.26. The van der Waals surface area contributed by atoms with Crippen molar-refractivity contribution in [1.82, 2.24) is 10.2 Å². The summed E-state index contributed by atoms with van der Waals surface area (Å²) in [6.45, 7) is 6.39. The van der Waals surface area contributed by atoms with Crippen LogP contribution < -0.4 is 10.1 Å². The maximum absolute atomic E-state index is 13.5. The molecule has 1 aromatic rings. The van der Waals surface area contributed by atoms with Gasteiger partial charge in [-0.15, -0.1) is 0 Å². The lowest BCUT2D eigenvalue weighted by Crippen LogP contribution is -2.50. The summed E-state index contributed by atoms with van der Waals surface area (Å²) >= 11 is 0. The Bertz CT molecular complexity index is 533. The van der Waals surface area contributed by atoms with Crippen LogP contribution >= 0.6 is 0 Å². The quantitative estimate of drug-likeness (QED) is 0.871. The van der Waals surface area contributed by atoms with E-state index in [1.165, 1.54) is 13.2 Å². The number of nitrogens with zero attached hydrogens (tertiary/aromatic N) is 1. The van der Waals surface area contributed by atoms with Crippen LogP contribution in [-0.4, -0.2) is 50.3 Å². The van der Waals surface area contributed by atoms with Gasteiger partial charge in [0.05, 0.1) is 26.4 Å². The highest BCUT2D eigenvalue weighted by Crippen LogP contribution is 2.23. The zero-order chi connectivity index (χ0) is 16.8. The summed E-state index contributed by atoms with van der Waals surface area (Å²) < 4.78 is 23.8. The van der Waals surface area contributed by atoms with E-state index in [0.29, 0.717) is 32.7 Å². The van der Waals surface area contributed by atoms with Crippen molar-refractivity contribution >= 4 is 5.91 Å². The molecule has 5 nitrogen and oxygen atoms in total. The predicted octanol–water partition coefficient (Wildman–Crippen LogP) is 2.12. The number of halogens is 1. The second-order valence-corrected chi connectivity index (χ2v) is 5.68. The Labute approximate surface area is 136 Å². The van der Waals surface area contributed by atoms with Gasteiger partial charge in [-0.3, -0.25) is 10.1 Å². The molecule has 1 heterocycles. The van der Waals surface area contributed by atoms with Gasteiger partial charge in [-0.25, -0.2) is 4.39 Å². The number of hydrogen-bond acceptors (Lipinski definition) is 4. The van der Waals surface area contributed by atoms with E-state index in [4.69, 9.17) is 9.47 Å². The molecule has 2 atom stereocenters. The van der Waals surface area contributed by atoms with Crippen molar-refractivity contribution in [3.05, 3.63) is 29.6 Å². The van der Waals surface area contributed by atoms with Crippen LogP contribution in [-0.2, 0) is 9.53 Å². The molecule has 1 N–H and O–H groups in total. The average molecular weight is 324 g/mol. The minimum atomic E-state index is -0.389. The van der Waals surface area contributed by atoms with Crippen molar-refractivity contribution in [1.29, 1.82) is 0 Å². The number of hydrogen-bond donors (Lipinski definition) is 1. The van der Waals surface area contributed by atoms with E-state index < -0.39 is 0 Å². The third kappa shape index (κ3) is 4.42. The molecule has 0 bridgehead atoms. The van der Waals surface area contributed by atoms with E-state index in [9.17, 15) is 9.18 Å². The second-order valence-electron chi connectivity index (χ2n) is 5.68. The number of ether oxygens (including phenoxy) is 2. The fourth-order valence-corrected chi connectivity index (χ4v) is 2.71. The fraction of sp³-hybridized carbons (Fsp3) is 0.588. The molecular weight excluding hydrogens is 299 g/mol. The number of methoxy groups -OCH3 is 1. The van der Waals surface area contributed by atoms with Gasteiger partial charge in [0.15, 0.2) is 11.6 Å². The van der Waals surface area contributed by atoms with Gasteiger partial charge in [-0.05, 0) is 31.0 Å². The average Bonchev–Trinajstić information content (AvgIpc) is 2.60. The third-order valence-electron chi connectivity index (χ3n) is 4.16. The Balaban J connectivity index is 2.03. The molecule has 1 aliphatic rings. The number of carbonyl (C=O) groups is 1. The molecule has 0 saturated carbocycles. The first-order chi connectivity index (χ1) is 11.1. The topological polar surface area (TPSA) is 50.8 Å². The van der Waals surface area contributed by atoms with E-state index in [0.717, 1.165) is 5.56 Å². The van der Waals surface area contributed by atoms with E-state index in [2.05, 4.69) is 5.32 Å². The largest absolute Gasteiger partial charge is 0.494 e. The summed E-state index contributed by atoms with van der Waals surface area (Å²) in [7, 11) is 1.44. The molecule has 0 aromatic heterocycles. The van der Waals surface area contributed by atoms with Gasteiger partial charge in [0.25, 0.3) is 0 Å². The fourth-order valence-electron chi connectivity index (χ4n) is 2.71. The summed E-state index contributed by atoms with van der Waals surface area (Å²) in [6, 6.07) is 4.41. The molecule has 0 aliphatic carbocycles. The summed E-state index contributed by atoms with van der Waals surface area (Å²) in [5.41, 5.74) is 0.886. The van der Waals surface area contributed by atoms with Gasteiger partial charge in [0.2, 0.25) is 5.91 Å². The van der Waals surface area contributed by atoms with E-state index in [1.807, 2.05) is 18.7 Å². The van der Waals surface area contributed by atoms with Crippen LogP contribution in [0.4, 0.5) is 4.39 Å². The Morgan fingerprint density at radius 1 is 1.43 bits per heavy atom. The lowest BCUT2D eigenvalue weighted by Gasteiger charge is -2.31. The highest BCUT2D eigenvalue weighted by atomic mass is 19.1. The molecule has 6 heteroatoms. The van der Waals surface area contributed by atoms with Gasteiger partial charge >= 0.3 is 0 Å². The van der Waals surface area contributed by atoms with Gasteiger partial charge < -0.3 is 14.4 Å². The van der Waals surface area contributed by atoms with Gasteiger partial charge in [0.1, 0.15) is 0 Å². The van der Waals surface area contributed by atoms with Crippen LogP contribution in [0.5, 0.6) is 5.75 Å². The number of morpholine rings is 1. The van der Waals surface area contributed by atoms with Crippen LogP contribution in [0.2, 0.25) is 0 Å². The van der Waals surface area contributed by atoms with Crippen LogP contribution in [0, 0.1) is 5.82 Å². The molecule has 1 fully saturated rings. The van der Waals surface area contributed by atoms with Gasteiger partial charge in [-0.2, -0.15) is 0 Å². The van der Waals surface area contributed by atoms with Crippen molar-refractivity contribution < 1.29 is 18.7 Å². The van der Waals surface area contributed by atoms with E-state index in [-0.39, 0.29) is 29.6 Å². The zero-order valence-corrected chi connectivity index (χ0v) is 14.0. The SMILES string of the molecule is CC[C@@H](N[C@@H](C)c1ccc(F)c(OC)c1)C(=O)N1CCOCC1. The first kappa shape index (κ1) is 17.7. The zero-order valence-electron chi connectivity index (χ0n) is 14.0. The smallest absolute Gasteiger partial charge is 0.239 e. The molecule has 128 valence electrons. The molecular formula is C17H25FN2O3. The van der Waals surface area contributed by atoms with Gasteiger partial charge in [-0.1, -0.05) is 13.0 Å². The molecule has 0 spiro atoms. The maximum atomic E-state index is 13.5. The molecule has 1 aliphatic heterocycles. The summed E-state index contributed by atoms with van der Waals surface area (Å²) in [4.78, 5) is 14.4. The molecule has 1 saturated heterocycles. The Hall–Kier alpha value is -1.66. The lowest BCUT2D eigenvalue weighted by atomic mass is 10.1. The molecule has 0 radical (unpaired) electrons. The molecule has 1 amide bonds. The molecule has 1 aromatic carbocycles. The second kappa shape index (κ2) is 8.26. The van der Waals surface area contributed by atoms with Crippen LogP contribution in [0.25, 0.3) is 0 Å².